The maximum absolute atomic E-state index is 13.0. The van der Waals surface area contributed by atoms with Crippen LogP contribution in [0.5, 0.6) is 0 Å². The second-order valence-electron chi connectivity index (χ2n) is 34.2. The number of nitrogens with zero attached hydrogens (tertiary/aromatic N) is 29. The molecule has 24 aromatic rings. The number of fused-ring (bicyclic) bond motifs is 6. The number of aromatic nitrogens is 29. The molecule has 0 spiro atoms. The van der Waals surface area contributed by atoms with E-state index in [0.29, 0.717) is 73.7 Å². The van der Waals surface area contributed by atoms with Crippen LogP contribution in [0.4, 0.5) is 0 Å². The van der Waals surface area contributed by atoms with Crippen molar-refractivity contribution in [2.75, 3.05) is 0 Å². The fourth-order valence-corrected chi connectivity index (χ4v) is 20.5. The summed E-state index contributed by atoms with van der Waals surface area (Å²) in [7, 11) is 3.78. The normalized spacial score (nSPS) is 11.1. The van der Waals surface area contributed by atoms with Gasteiger partial charge in [0.25, 0.3) is 0 Å². The van der Waals surface area contributed by atoms with Crippen molar-refractivity contribution >= 4 is 125 Å². The third kappa shape index (κ3) is 22.9. The Morgan fingerprint density at radius 3 is 0.980 bits per heavy atom. The van der Waals surface area contributed by atoms with Crippen molar-refractivity contribution in [3.05, 3.63) is 389 Å². The molecule has 0 unspecified atom stereocenters. The Morgan fingerprint density at radius 1 is 0.286 bits per heavy atom. The maximum Gasteiger partial charge on any atom is 0.173 e. The van der Waals surface area contributed by atoms with E-state index in [9.17, 15) is 28.8 Å². The summed E-state index contributed by atoms with van der Waals surface area (Å²) in [4.78, 5) is 142. The van der Waals surface area contributed by atoms with Crippen LogP contribution in [0.3, 0.4) is 0 Å². The minimum atomic E-state index is -0.000695. The van der Waals surface area contributed by atoms with Gasteiger partial charge in [0.2, 0.25) is 0 Å². The van der Waals surface area contributed by atoms with Gasteiger partial charge in [0.15, 0.2) is 34.7 Å². The van der Waals surface area contributed by atoms with Gasteiger partial charge in [-0.05, 0) is 151 Å². The van der Waals surface area contributed by atoms with Gasteiger partial charge < -0.3 is 26.4 Å². The highest BCUT2D eigenvalue weighted by Gasteiger charge is 2.26. The molecule has 24 heterocycles. The summed E-state index contributed by atoms with van der Waals surface area (Å²) in [5, 5.41) is 34.5. The van der Waals surface area contributed by atoms with Crippen molar-refractivity contribution in [1.82, 2.24) is 141 Å². The molecular weight excluding hydrogens is 1950 g/mol. The van der Waals surface area contributed by atoms with Crippen LogP contribution in [0.1, 0.15) is 140 Å². The van der Waals surface area contributed by atoms with Crippen LogP contribution < -0.4 is 0 Å². The van der Waals surface area contributed by atoms with Crippen LogP contribution in [-0.4, -0.2) is 175 Å². The number of aryl methyl sites for hydroxylation is 10. The van der Waals surface area contributed by atoms with Gasteiger partial charge in [0.05, 0.1) is 107 Å². The van der Waals surface area contributed by atoms with E-state index in [4.69, 9.17) is 0 Å². The van der Waals surface area contributed by atoms with Crippen molar-refractivity contribution in [2.24, 2.45) is 14.1 Å². The van der Waals surface area contributed by atoms with E-state index >= 15 is 0 Å². The van der Waals surface area contributed by atoms with Crippen LogP contribution >= 0.6 is 56.7 Å². The lowest BCUT2D eigenvalue weighted by molar-refractivity contribution is 0.0985. The van der Waals surface area contributed by atoms with Gasteiger partial charge in [-0.3, -0.25) is 52.8 Å². The zero-order valence-corrected chi connectivity index (χ0v) is 85.1. The second kappa shape index (κ2) is 44.1. The molecule has 24 rings (SSSR count). The lowest BCUT2D eigenvalue weighted by atomic mass is 10.0. The lowest BCUT2D eigenvalue weighted by Gasteiger charge is -2.09. The first-order valence-corrected chi connectivity index (χ1v) is 50.7. The third-order valence-corrected chi connectivity index (χ3v) is 28.3. The molecule has 0 N–H and O–H groups in total. The van der Waals surface area contributed by atoms with Crippen molar-refractivity contribution in [3.8, 4) is 67.2 Å². The number of carbonyl (C=O) groups excluding carboxylic acids is 6. The average molecular weight is 2040 g/mol. The number of Topliss-reactive ketones (excluding diaryl/α,β-unsaturated/α-hetero) is 6. The third-order valence-electron chi connectivity index (χ3n) is 23.5. The van der Waals surface area contributed by atoms with Gasteiger partial charge in [-0.1, -0.05) is 6.07 Å². The molecule has 40 heteroatoms. The second-order valence-corrected chi connectivity index (χ2v) is 39.0. The lowest BCUT2D eigenvalue weighted by Crippen LogP contribution is -2.08. The molecule has 0 atom stereocenters. The number of carbonyl (C=O) groups is 6. The summed E-state index contributed by atoms with van der Waals surface area (Å²) in [6, 6.07) is 28.7. The topological polar surface area (TPSA) is 401 Å². The first kappa shape index (κ1) is 98.2. The molecule has 0 fully saturated rings. The van der Waals surface area contributed by atoms with Crippen LogP contribution in [-0.2, 0) is 59.2 Å². The Hall–Kier alpha value is -17.6. The smallest absolute Gasteiger partial charge is 0.173 e. The number of imidazole rings is 6. The highest BCUT2D eigenvalue weighted by atomic mass is 32.1. The summed E-state index contributed by atoms with van der Waals surface area (Å²) >= 11 is 7.54. The van der Waals surface area contributed by atoms with Crippen LogP contribution in [0.25, 0.3) is 101 Å². The van der Waals surface area contributed by atoms with E-state index in [1.54, 1.807) is 91.4 Å². The molecule has 0 aliphatic rings. The first-order chi connectivity index (χ1) is 71.4. The molecule has 0 aliphatic carbocycles. The molecule has 147 heavy (non-hydrogen) atoms. The van der Waals surface area contributed by atoms with Crippen molar-refractivity contribution < 1.29 is 28.8 Å². The number of hydrogen-bond acceptors (Lipinski definition) is 31. The van der Waals surface area contributed by atoms with E-state index in [1.165, 1.54) is 63.0 Å². The Bertz CT molecular complexity index is 8530. The minimum absolute atomic E-state index is 0.0000373. The molecular formula is C107H91N29O6S5. The van der Waals surface area contributed by atoms with Gasteiger partial charge >= 0.3 is 0 Å². The van der Waals surface area contributed by atoms with Crippen LogP contribution in [0, 0.1) is 48.5 Å². The van der Waals surface area contributed by atoms with Gasteiger partial charge in [-0.15, -0.1) is 56.7 Å². The van der Waals surface area contributed by atoms with Gasteiger partial charge in [-0.25, -0.2) is 64.8 Å². The monoisotopic (exact) mass is 2040 g/mol. The molecule has 0 aromatic carbocycles. The number of rotatable bonds is 25. The largest absolute Gasteiger partial charge is 0.306 e. The Labute approximate surface area is 859 Å². The summed E-state index contributed by atoms with van der Waals surface area (Å²) in [5.41, 5.74) is 26.1. The van der Waals surface area contributed by atoms with Gasteiger partial charge in [0.1, 0.15) is 65.2 Å². The fourth-order valence-electron chi connectivity index (χ4n) is 16.7. The summed E-state index contributed by atoms with van der Waals surface area (Å²) < 4.78 is 16.8. The Morgan fingerprint density at radius 2 is 0.633 bits per heavy atom. The van der Waals surface area contributed by atoms with E-state index in [1.807, 2.05) is 298 Å². The molecule has 0 saturated heterocycles. The molecule has 0 radical (unpaired) electrons. The zero-order valence-electron chi connectivity index (χ0n) is 81.0. The number of pyridine rings is 8. The van der Waals surface area contributed by atoms with E-state index in [0.717, 1.165) is 144 Å². The predicted molar refractivity (Wildman–Crippen MR) is 564 cm³/mol. The molecule has 0 amide bonds. The summed E-state index contributed by atoms with van der Waals surface area (Å²) in [5.74, 6) is 0.0692. The summed E-state index contributed by atoms with van der Waals surface area (Å²) in [6.07, 6.45) is 49.9. The van der Waals surface area contributed by atoms with Gasteiger partial charge in [-0.2, -0.15) is 25.5 Å². The van der Waals surface area contributed by atoms with Gasteiger partial charge in [0, 0.05) is 275 Å². The highest BCUT2D eigenvalue weighted by molar-refractivity contribution is 7.11. The number of thiazole rings is 5. The molecule has 0 aliphatic heterocycles. The molecule has 24 aromatic heterocycles. The summed E-state index contributed by atoms with van der Waals surface area (Å²) in [6.45, 7) is 16.3. The Balaban J connectivity index is 0.000000111. The quantitative estimate of drug-likeness (QED) is 0.0480. The number of hydrogen-bond donors (Lipinski definition) is 0. The maximum atomic E-state index is 13.0. The predicted octanol–water partition coefficient (Wildman–Crippen LogP) is 19.1. The Kier molecular flexibility index (Phi) is 29.5. The zero-order chi connectivity index (χ0) is 102. The first-order valence-electron chi connectivity index (χ1n) is 46.3. The SMILES string of the molecule is CCn1nccc1-c1cc(C(=O)Cc2nc(C)cs2)c2nccn2c1.Cc1cccc(CC(=O)c2cc(-c3cc(C)nn3C)cn3ccnc23)n1.Cc1csc(CC(=O)c2cc(-c3ccncc3)cn3ccnc23)n1.Cc1csc(CC(=O)c2cc(-c3ccnn3C)cn3ccnc23)n1.Cc1csc(CC(=O)c2cc(-c3ccnnc3)cn3ccnc23)n1.Cc1csc(CC(=O)c2cc(-c3cncnc3)cn3ccnc23)n1. The standard InChI is InChI=1S/C20H19N5O.C18H17N5OS.C18H14N4OS.C17H15N5OS.2C17H13N5OS/c1-13-5-4-6-16(22-13)11-19(26)17-10-15(12-25-8-7-21-20(17)25)18-9-14(2)23-24(18)3;1-3-23-15(4-5-20-23)13-8-14(18-19-6-7-22(18)10-13)16(24)9-17-21-12(2)11-25-17;1-12-11-24-17(21-12)9-16(23)15-8-14(13-2-4-19-5-3-13)10-22-7-6-20-18(15)22;1-11-10-24-16(20-11)8-15(23)13-7-12(14-3-4-19-21(14)2)9-22-6-5-18-17(13)22;1-11-9-24-16(21-11)5-15(23)14-4-12(13-6-18-10-19-7-13)8-22-3-2-20-17(14)22;1-11-10-24-16(21-11)7-15(23)14-6-13(12-2-3-19-20-8-12)9-22-5-4-18-17(14)22/h4-10,12H,11H2,1-3H3;4-8,10-11H,3,9H2,1-2H3;2-8,10-11H,9H2,1H3;3-7,9-10H,8H2,1-2H3;2-4,6-10H,5H2,1H3;2-6,8-10H,7H2,1H3. The van der Waals surface area contributed by atoms with E-state index < -0.39 is 0 Å². The minimum Gasteiger partial charge on any atom is -0.306 e. The molecule has 730 valence electrons. The molecule has 35 nitrogen and oxygen atoms in total. The fraction of sp³-hybridized carbons (Fsp3) is 0.159. The number of ketones is 6. The van der Waals surface area contributed by atoms with E-state index in [-0.39, 0.29) is 66.8 Å². The average Bonchev–Trinajstić information content (AvgIpc) is 1.69. The van der Waals surface area contributed by atoms with Crippen molar-refractivity contribution in [1.29, 1.82) is 0 Å². The van der Waals surface area contributed by atoms with Crippen molar-refractivity contribution in [2.45, 2.75) is 100 Å². The van der Waals surface area contributed by atoms with Crippen LogP contribution in [0.2, 0.25) is 0 Å². The molecule has 0 saturated carbocycles. The molecule has 0 bridgehead atoms. The van der Waals surface area contributed by atoms with E-state index in [2.05, 4.69) is 100 Å². The van der Waals surface area contributed by atoms with Crippen molar-refractivity contribution in [3.63, 3.8) is 0 Å². The highest BCUT2D eigenvalue weighted by Crippen LogP contribution is 2.33. The van der Waals surface area contributed by atoms with Crippen LogP contribution in [0.15, 0.2) is 285 Å².